The average Bonchev–Trinajstić information content (AvgIpc) is 2.85. The number of amides is 1. The second kappa shape index (κ2) is 6.16. The van der Waals surface area contributed by atoms with Crippen LogP contribution in [-0.4, -0.2) is 25.0 Å². The summed E-state index contributed by atoms with van der Waals surface area (Å²) in [5.74, 6) is -0.828. The average molecular weight is 271 g/mol. The Morgan fingerprint density at radius 3 is 3.06 bits per heavy atom. The minimum atomic E-state index is -0.568. The van der Waals surface area contributed by atoms with E-state index in [9.17, 15) is 9.18 Å². The Kier molecular flexibility index (Phi) is 4.55. The van der Waals surface area contributed by atoms with Crippen molar-refractivity contribution < 1.29 is 9.18 Å². The molecule has 1 saturated heterocycles. The first-order chi connectivity index (χ1) is 8.66. The first-order valence-corrected chi connectivity index (χ1v) is 6.51. The molecule has 0 bridgehead atoms. The molecule has 1 aromatic carbocycles. The predicted molar refractivity (Wildman–Crippen MR) is 69.4 cm³/mol. The number of carbonyl (C=O) groups is 1. The molecule has 2 rings (SSSR count). The summed E-state index contributed by atoms with van der Waals surface area (Å²) >= 11 is 5.56. The van der Waals surface area contributed by atoms with Gasteiger partial charge in [0, 0.05) is 18.2 Å². The van der Waals surface area contributed by atoms with Crippen molar-refractivity contribution in [2.24, 2.45) is 0 Å². The number of hydrogen-bond acceptors (Lipinski definition) is 2. The molecule has 0 aromatic heterocycles. The Labute approximate surface area is 111 Å². The van der Waals surface area contributed by atoms with Gasteiger partial charge in [-0.25, -0.2) is 4.39 Å². The van der Waals surface area contributed by atoms with E-state index in [-0.39, 0.29) is 10.9 Å². The zero-order chi connectivity index (χ0) is 13.0. The molecule has 2 N–H and O–H groups in total. The van der Waals surface area contributed by atoms with Gasteiger partial charge in [0.25, 0.3) is 5.91 Å². The fourth-order valence-corrected chi connectivity index (χ4v) is 2.22. The van der Waals surface area contributed by atoms with Gasteiger partial charge in [-0.2, -0.15) is 0 Å². The summed E-state index contributed by atoms with van der Waals surface area (Å²) in [6.07, 6.45) is 3.26. The molecule has 1 heterocycles. The van der Waals surface area contributed by atoms with Crippen LogP contribution in [0.5, 0.6) is 0 Å². The second-order valence-corrected chi connectivity index (χ2v) is 4.87. The molecule has 18 heavy (non-hydrogen) atoms. The molecular formula is C13H16ClFN2O. The minimum Gasteiger partial charge on any atom is -0.352 e. The number of benzene rings is 1. The van der Waals surface area contributed by atoms with Gasteiger partial charge in [-0.05, 0) is 44.0 Å². The quantitative estimate of drug-likeness (QED) is 0.882. The summed E-state index contributed by atoms with van der Waals surface area (Å²) in [6.45, 7) is 1.65. The summed E-state index contributed by atoms with van der Waals surface area (Å²) < 4.78 is 13.2. The summed E-state index contributed by atoms with van der Waals surface area (Å²) in [4.78, 5) is 11.7. The van der Waals surface area contributed by atoms with Gasteiger partial charge in [0.15, 0.2) is 0 Å². The molecule has 1 aliphatic heterocycles. The van der Waals surface area contributed by atoms with Crippen molar-refractivity contribution in [1.82, 2.24) is 10.6 Å². The summed E-state index contributed by atoms with van der Waals surface area (Å²) in [6, 6.07) is 4.57. The Bertz CT molecular complexity index is 433. The zero-order valence-corrected chi connectivity index (χ0v) is 10.8. The van der Waals surface area contributed by atoms with Crippen LogP contribution in [0.1, 0.15) is 29.6 Å². The fraction of sp³-hybridized carbons (Fsp3) is 0.462. The van der Waals surface area contributed by atoms with E-state index in [0.717, 1.165) is 25.5 Å². The summed E-state index contributed by atoms with van der Waals surface area (Å²) in [5, 5.41) is 6.17. The molecule has 0 aliphatic carbocycles. The maximum absolute atomic E-state index is 13.2. The van der Waals surface area contributed by atoms with Crippen molar-refractivity contribution in [1.29, 1.82) is 0 Å². The third-order valence-electron chi connectivity index (χ3n) is 3.12. The lowest BCUT2D eigenvalue weighted by Gasteiger charge is -2.10. The molecule has 0 radical (unpaired) electrons. The van der Waals surface area contributed by atoms with Crippen molar-refractivity contribution in [3.63, 3.8) is 0 Å². The predicted octanol–water partition coefficient (Wildman–Crippen LogP) is 2.35. The summed E-state index contributed by atoms with van der Waals surface area (Å²) in [5.41, 5.74) is 0.302. The Hall–Kier alpha value is -1.13. The maximum atomic E-state index is 13.2. The van der Waals surface area contributed by atoms with Gasteiger partial charge in [0.2, 0.25) is 0 Å². The highest BCUT2D eigenvalue weighted by Crippen LogP contribution is 2.15. The van der Waals surface area contributed by atoms with Crippen LogP contribution >= 0.6 is 11.6 Å². The van der Waals surface area contributed by atoms with Crippen LogP contribution in [0.3, 0.4) is 0 Å². The van der Waals surface area contributed by atoms with E-state index in [2.05, 4.69) is 10.6 Å². The number of halogens is 2. The van der Waals surface area contributed by atoms with Crippen molar-refractivity contribution in [2.75, 3.05) is 13.1 Å². The van der Waals surface area contributed by atoms with E-state index >= 15 is 0 Å². The van der Waals surface area contributed by atoms with Gasteiger partial charge in [0.05, 0.1) is 5.02 Å². The molecule has 1 atom stereocenters. The lowest BCUT2D eigenvalue weighted by molar-refractivity contribution is 0.0952. The van der Waals surface area contributed by atoms with Crippen LogP contribution in [-0.2, 0) is 0 Å². The molecule has 98 valence electrons. The third kappa shape index (κ3) is 3.43. The van der Waals surface area contributed by atoms with Gasteiger partial charge in [0.1, 0.15) is 5.82 Å². The molecule has 0 spiro atoms. The highest BCUT2D eigenvalue weighted by atomic mass is 35.5. The molecule has 3 nitrogen and oxygen atoms in total. The SMILES string of the molecule is O=C(NCC[C@@H]1CCCN1)c1ccc(Cl)c(F)c1. The van der Waals surface area contributed by atoms with Crippen molar-refractivity contribution in [2.45, 2.75) is 25.3 Å². The lowest BCUT2D eigenvalue weighted by Crippen LogP contribution is -2.30. The molecule has 0 unspecified atom stereocenters. The molecule has 1 aliphatic rings. The monoisotopic (exact) mass is 270 g/mol. The van der Waals surface area contributed by atoms with E-state index < -0.39 is 5.82 Å². The molecule has 1 fully saturated rings. The van der Waals surface area contributed by atoms with Crippen LogP contribution in [0.15, 0.2) is 18.2 Å². The van der Waals surface area contributed by atoms with Crippen LogP contribution in [0, 0.1) is 5.82 Å². The van der Waals surface area contributed by atoms with Crippen molar-refractivity contribution in [3.05, 3.63) is 34.6 Å². The normalized spacial score (nSPS) is 18.9. The van der Waals surface area contributed by atoms with Crippen LogP contribution < -0.4 is 10.6 Å². The standard InChI is InChI=1S/C13H16ClFN2O/c14-11-4-3-9(8-12(11)15)13(18)17-7-5-10-2-1-6-16-10/h3-4,8,10,16H,1-2,5-7H2,(H,17,18)/t10-/m0/s1. The Morgan fingerprint density at radius 1 is 1.56 bits per heavy atom. The molecule has 1 aromatic rings. The fourth-order valence-electron chi connectivity index (χ4n) is 2.10. The van der Waals surface area contributed by atoms with E-state index in [4.69, 9.17) is 11.6 Å². The number of hydrogen-bond donors (Lipinski definition) is 2. The van der Waals surface area contributed by atoms with E-state index in [1.807, 2.05) is 0 Å². The zero-order valence-electron chi connectivity index (χ0n) is 10.0. The number of nitrogens with one attached hydrogen (secondary N) is 2. The Balaban J connectivity index is 1.81. The first kappa shape index (κ1) is 13.3. The lowest BCUT2D eigenvalue weighted by atomic mass is 10.1. The summed E-state index contributed by atoms with van der Waals surface area (Å²) in [7, 11) is 0. The van der Waals surface area contributed by atoms with Crippen LogP contribution in [0.4, 0.5) is 4.39 Å². The molecule has 5 heteroatoms. The number of carbonyl (C=O) groups excluding carboxylic acids is 1. The van der Waals surface area contributed by atoms with Gasteiger partial charge < -0.3 is 10.6 Å². The Morgan fingerprint density at radius 2 is 2.39 bits per heavy atom. The largest absolute Gasteiger partial charge is 0.352 e. The smallest absolute Gasteiger partial charge is 0.251 e. The molecule has 0 saturated carbocycles. The van der Waals surface area contributed by atoms with Crippen molar-refractivity contribution in [3.8, 4) is 0 Å². The van der Waals surface area contributed by atoms with E-state index in [0.29, 0.717) is 18.2 Å². The topological polar surface area (TPSA) is 41.1 Å². The van der Waals surface area contributed by atoms with Gasteiger partial charge in [-0.3, -0.25) is 4.79 Å². The van der Waals surface area contributed by atoms with E-state index in [1.165, 1.54) is 18.6 Å². The highest BCUT2D eigenvalue weighted by molar-refractivity contribution is 6.30. The van der Waals surface area contributed by atoms with E-state index in [1.54, 1.807) is 0 Å². The third-order valence-corrected chi connectivity index (χ3v) is 3.43. The molecular weight excluding hydrogens is 255 g/mol. The first-order valence-electron chi connectivity index (χ1n) is 6.13. The second-order valence-electron chi connectivity index (χ2n) is 4.47. The minimum absolute atomic E-state index is 0.0294. The van der Waals surface area contributed by atoms with Gasteiger partial charge in [-0.1, -0.05) is 11.6 Å². The molecule has 1 amide bonds. The van der Waals surface area contributed by atoms with Crippen molar-refractivity contribution >= 4 is 17.5 Å². The van der Waals surface area contributed by atoms with Gasteiger partial charge >= 0.3 is 0 Å². The maximum Gasteiger partial charge on any atom is 0.251 e. The van der Waals surface area contributed by atoms with Crippen LogP contribution in [0.2, 0.25) is 5.02 Å². The highest BCUT2D eigenvalue weighted by Gasteiger charge is 2.14. The van der Waals surface area contributed by atoms with Gasteiger partial charge in [-0.15, -0.1) is 0 Å². The number of rotatable bonds is 4. The van der Waals surface area contributed by atoms with Crippen LogP contribution in [0.25, 0.3) is 0 Å².